The third kappa shape index (κ3) is 10.3. The molecule has 28 heteroatoms. The maximum atomic E-state index is 14.7. The molecule has 6 aromatic rings. The van der Waals surface area contributed by atoms with Crippen LogP contribution in [-0.2, 0) is 40.5 Å². The van der Waals surface area contributed by atoms with E-state index in [2.05, 4.69) is 36.0 Å². The average molecular weight is 960 g/mol. The Hall–Kier alpha value is -6.11. The molecule has 0 saturated heterocycles. The largest absolute Gasteiger partial charge is 1.00 e. The van der Waals surface area contributed by atoms with Gasteiger partial charge in [0.1, 0.15) is 46.2 Å². The second-order valence-electron chi connectivity index (χ2n) is 12.9. The Balaban J connectivity index is 0.00000680. The Bertz CT molecular complexity index is 3470. The summed E-state index contributed by atoms with van der Waals surface area (Å²) in [6, 6.07) is 19.4. The fourth-order valence-electron chi connectivity index (χ4n) is 6.12. The zero-order valence-corrected chi connectivity index (χ0v) is 37.1. The average Bonchev–Trinajstić information content (AvgIpc) is 3.18. The van der Waals surface area contributed by atoms with Crippen LogP contribution in [0.5, 0.6) is 0 Å². The number of carbonyl (C=O) groups excluding carboxylic acids is 2. The molecule has 0 atom stereocenters. The molecule has 22 nitrogen and oxygen atoms in total. The molecular weight excluding hydrogens is 939 g/mol. The van der Waals surface area contributed by atoms with Gasteiger partial charge in [0, 0.05) is 16.6 Å². The van der Waals surface area contributed by atoms with Crippen LogP contribution in [0.1, 0.15) is 26.3 Å². The minimum absolute atomic E-state index is 0. The third-order valence-electron chi connectivity index (χ3n) is 8.72. The van der Waals surface area contributed by atoms with Gasteiger partial charge in [-0.1, -0.05) is 48.5 Å². The molecule has 4 N–H and O–H groups in total. The summed E-state index contributed by atoms with van der Waals surface area (Å²) in [5.41, 5.74) is -2.60. The number of carbonyl (C=O) groups is 2. The van der Waals surface area contributed by atoms with Crippen molar-refractivity contribution in [1.29, 1.82) is 0 Å². The molecular formula is C36H21FN8NaO14S4-3. The number of allylic oxidation sites excluding steroid dienone is 1. The molecule has 1 amide bonds. The van der Waals surface area contributed by atoms with Gasteiger partial charge in [0.05, 0.1) is 42.2 Å². The molecule has 0 spiro atoms. The fraction of sp³-hybridized carbons (Fsp3) is 0. The number of ketones is 1. The first-order valence-corrected chi connectivity index (χ1v) is 22.7. The second kappa shape index (κ2) is 17.8. The van der Waals surface area contributed by atoms with E-state index in [1.54, 1.807) is 12.1 Å². The van der Waals surface area contributed by atoms with E-state index in [4.69, 9.17) is 0 Å². The van der Waals surface area contributed by atoms with Crippen molar-refractivity contribution in [2.24, 2.45) is 5.10 Å². The Kier molecular flexibility index (Phi) is 13.2. The van der Waals surface area contributed by atoms with E-state index in [1.165, 1.54) is 54.6 Å². The van der Waals surface area contributed by atoms with Gasteiger partial charge in [-0.05, 0) is 65.6 Å². The molecule has 0 fully saturated rings. The SMILES string of the molecule is O=C(Nc1cc(S(=O)(=O)[O-])cc2c1C(=O)/C(=N/Nc1cc(Nc3nc(F)nc(Nc4ccc5ccccc5c4S(=O)(=O)[O-])n3)ccc1S(=O)(=O)[O-])C(S(=O)(=O)[O-])=C2)c1ccccc1.[Na+]. The number of aromatic nitrogens is 3. The molecule has 1 heterocycles. The summed E-state index contributed by atoms with van der Waals surface area (Å²) in [6.07, 6.45) is -0.983. The summed E-state index contributed by atoms with van der Waals surface area (Å²) in [4.78, 5) is 33.7. The number of hydrogen-bond acceptors (Lipinski definition) is 21. The molecule has 7 rings (SSSR count). The fourth-order valence-corrected chi connectivity index (χ4v) is 8.75. The van der Waals surface area contributed by atoms with Crippen LogP contribution in [0.25, 0.3) is 16.8 Å². The smallest absolute Gasteiger partial charge is 0.744 e. The van der Waals surface area contributed by atoms with Crippen molar-refractivity contribution in [2.45, 2.75) is 14.7 Å². The van der Waals surface area contributed by atoms with Crippen molar-refractivity contribution in [3.05, 3.63) is 125 Å². The number of benzene rings is 5. The Morgan fingerprint density at radius 3 is 1.95 bits per heavy atom. The summed E-state index contributed by atoms with van der Waals surface area (Å²) in [6.45, 7) is 0. The van der Waals surface area contributed by atoms with Gasteiger partial charge in [-0.3, -0.25) is 15.0 Å². The normalized spacial score (nSPS) is 13.7. The number of nitrogens with one attached hydrogen (secondary N) is 4. The zero-order chi connectivity index (χ0) is 45.6. The van der Waals surface area contributed by atoms with Crippen molar-refractivity contribution in [3.8, 4) is 0 Å². The van der Waals surface area contributed by atoms with Gasteiger partial charge >= 0.3 is 35.6 Å². The van der Waals surface area contributed by atoms with E-state index in [9.17, 15) is 65.9 Å². The minimum atomic E-state index is -5.72. The molecule has 324 valence electrons. The van der Waals surface area contributed by atoms with Crippen LogP contribution in [-0.4, -0.2) is 84.2 Å². The molecule has 1 aliphatic rings. The Labute approximate surface area is 383 Å². The first-order chi connectivity index (χ1) is 29.5. The maximum absolute atomic E-state index is 14.7. The summed E-state index contributed by atoms with van der Waals surface area (Å²) >= 11 is 0. The van der Waals surface area contributed by atoms with Gasteiger partial charge in [0.2, 0.25) is 17.7 Å². The zero-order valence-electron chi connectivity index (χ0n) is 31.8. The quantitative estimate of drug-likeness (QED) is 0.0721. The Morgan fingerprint density at radius 1 is 0.656 bits per heavy atom. The summed E-state index contributed by atoms with van der Waals surface area (Å²) < 4.78 is 162. The summed E-state index contributed by atoms with van der Waals surface area (Å²) in [5.74, 6) is -3.69. The van der Waals surface area contributed by atoms with Crippen LogP contribution in [0.4, 0.5) is 39.0 Å². The molecule has 1 aliphatic carbocycles. The second-order valence-corrected chi connectivity index (χ2v) is 18.2. The van der Waals surface area contributed by atoms with Gasteiger partial charge in [-0.2, -0.15) is 24.4 Å². The first-order valence-electron chi connectivity index (χ1n) is 17.1. The predicted molar refractivity (Wildman–Crippen MR) is 215 cm³/mol. The number of fused-ring (bicyclic) bond motifs is 2. The maximum Gasteiger partial charge on any atom is 1.00 e. The molecule has 0 radical (unpaired) electrons. The van der Waals surface area contributed by atoms with Crippen LogP contribution in [0.2, 0.25) is 0 Å². The number of halogens is 1. The van der Waals surface area contributed by atoms with Crippen LogP contribution >= 0.6 is 0 Å². The number of amides is 1. The van der Waals surface area contributed by atoms with Crippen LogP contribution < -0.4 is 50.9 Å². The van der Waals surface area contributed by atoms with E-state index in [0.29, 0.717) is 29.7 Å². The number of hydrazone groups is 1. The van der Waals surface area contributed by atoms with E-state index in [1.807, 2.05) is 5.43 Å². The predicted octanol–water partition coefficient (Wildman–Crippen LogP) is 0.170. The first kappa shape index (κ1) is 47.4. The number of hydrogen-bond donors (Lipinski definition) is 4. The van der Waals surface area contributed by atoms with E-state index >= 15 is 0 Å². The number of anilines is 6. The topological polar surface area (TPSA) is 362 Å². The molecule has 0 saturated carbocycles. The van der Waals surface area contributed by atoms with Gasteiger partial charge in [0.25, 0.3) is 5.91 Å². The molecule has 0 unspecified atom stereocenters. The standard InChI is InChI=1S/C36H25FN8O14S4.Na/c37-34-41-35(43-36(42-34)40-24-12-10-18-6-4-5-9-23(18)32(24)63(57,58)59)38-21-11-13-27(61(51,52)53)25(16-21)44-45-30-28(62(54,55)56)15-20-14-22(60(48,49)50)17-26(29(20)31(30)46)39-33(47)19-7-2-1-3-8-19;/h1-17,44H,(H,39,47)(H,48,49,50)(H,51,52,53)(H,54,55,56)(H,57,58,59)(H2,38,40,41,42,43);/q;+1/p-4/b45-30+;. The van der Waals surface area contributed by atoms with Crippen molar-refractivity contribution in [3.63, 3.8) is 0 Å². The van der Waals surface area contributed by atoms with Gasteiger partial charge in [0.15, 0.2) is 0 Å². The van der Waals surface area contributed by atoms with Crippen LogP contribution in [0.3, 0.4) is 0 Å². The summed E-state index contributed by atoms with van der Waals surface area (Å²) in [5, 5.41) is 11.2. The molecule has 0 bridgehead atoms. The van der Waals surface area contributed by atoms with E-state index in [0.717, 1.165) is 12.1 Å². The van der Waals surface area contributed by atoms with Crippen molar-refractivity contribution >= 4 is 109 Å². The van der Waals surface area contributed by atoms with Crippen LogP contribution in [0.15, 0.2) is 122 Å². The van der Waals surface area contributed by atoms with Gasteiger partial charge in [-0.25, -0.2) is 33.7 Å². The number of Topliss-reactive ketones (excluding diaryl/α,β-unsaturated/α-hetero) is 1. The molecule has 0 aliphatic heterocycles. The third-order valence-corrected chi connectivity index (χ3v) is 12.2. The van der Waals surface area contributed by atoms with Gasteiger partial charge < -0.3 is 34.2 Å². The van der Waals surface area contributed by atoms with Crippen molar-refractivity contribution in [2.75, 3.05) is 21.4 Å². The van der Waals surface area contributed by atoms with Crippen molar-refractivity contribution < 1.29 is 95.4 Å². The molecule has 5 aromatic carbocycles. The monoisotopic (exact) mass is 959 g/mol. The van der Waals surface area contributed by atoms with Gasteiger partial charge in [-0.15, -0.1) is 0 Å². The molecule has 1 aromatic heterocycles. The minimum Gasteiger partial charge on any atom is -0.744 e. The Morgan fingerprint density at radius 2 is 1.31 bits per heavy atom. The summed E-state index contributed by atoms with van der Waals surface area (Å²) in [7, 11) is -21.7. The van der Waals surface area contributed by atoms with E-state index in [-0.39, 0.29) is 51.9 Å². The number of rotatable bonds is 12. The van der Waals surface area contributed by atoms with E-state index < -0.39 is 118 Å². The molecule has 64 heavy (non-hydrogen) atoms. The number of nitrogens with zero attached hydrogens (tertiary/aromatic N) is 4. The van der Waals surface area contributed by atoms with Crippen molar-refractivity contribution in [1.82, 2.24) is 15.0 Å². The van der Waals surface area contributed by atoms with Crippen LogP contribution in [0, 0.1) is 6.08 Å².